The summed E-state index contributed by atoms with van der Waals surface area (Å²) >= 11 is 0. The Hall–Kier alpha value is -1.75. The second-order valence-corrected chi connectivity index (χ2v) is 4.55. The first-order chi connectivity index (χ1) is 9.08. The van der Waals surface area contributed by atoms with Crippen molar-refractivity contribution < 1.29 is 8.78 Å². The number of rotatable bonds is 5. The van der Waals surface area contributed by atoms with E-state index in [9.17, 15) is 8.78 Å². The molecule has 0 saturated carbocycles. The lowest BCUT2D eigenvalue weighted by atomic mass is 10.1. The minimum atomic E-state index is -0.816. The van der Waals surface area contributed by atoms with Gasteiger partial charge in [0.25, 0.3) is 0 Å². The van der Waals surface area contributed by atoms with E-state index < -0.39 is 11.6 Å². The Balaban J connectivity index is 1.89. The first-order valence-corrected chi connectivity index (χ1v) is 6.22. The van der Waals surface area contributed by atoms with Crippen molar-refractivity contribution in [3.63, 3.8) is 0 Å². The van der Waals surface area contributed by atoms with Crippen molar-refractivity contribution >= 4 is 0 Å². The smallest absolute Gasteiger partial charge is 0.159 e. The summed E-state index contributed by atoms with van der Waals surface area (Å²) in [6.07, 6.45) is 4.44. The topological polar surface area (TPSA) is 29.9 Å². The standard InChI is InChI=1S/C14H17F2N3/c1-10(11-3-4-12(15)13(16)9-11)17-6-5-14-18-7-8-19(14)2/h3-4,7-10,17H,5-6H2,1-2H3. The van der Waals surface area contributed by atoms with E-state index >= 15 is 0 Å². The van der Waals surface area contributed by atoms with Gasteiger partial charge < -0.3 is 9.88 Å². The summed E-state index contributed by atoms with van der Waals surface area (Å²) < 4.78 is 27.9. The second kappa shape index (κ2) is 5.93. The maximum absolute atomic E-state index is 13.1. The molecule has 1 unspecified atom stereocenters. The van der Waals surface area contributed by atoms with Gasteiger partial charge in [-0.1, -0.05) is 6.07 Å². The average Bonchev–Trinajstić information content (AvgIpc) is 2.78. The van der Waals surface area contributed by atoms with Crippen LogP contribution in [-0.2, 0) is 13.5 Å². The third-order valence-corrected chi connectivity index (χ3v) is 3.16. The van der Waals surface area contributed by atoms with Gasteiger partial charge >= 0.3 is 0 Å². The molecule has 0 fully saturated rings. The van der Waals surface area contributed by atoms with Crippen molar-refractivity contribution in [3.8, 4) is 0 Å². The molecule has 0 bridgehead atoms. The van der Waals surface area contributed by atoms with Gasteiger partial charge in [-0.2, -0.15) is 0 Å². The monoisotopic (exact) mass is 265 g/mol. The molecule has 2 rings (SSSR count). The third kappa shape index (κ3) is 3.38. The van der Waals surface area contributed by atoms with Crippen LogP contribution in [0, 0.1) is 11.6 Å². The number of imidazole rings is 1. The molecule has 0 amide bonds. The van der Waals surface area contributed by atoms with Crippen LogP contribution in [0.15, 0.2) is 30.6 Å². The molecule has 1 N–H and O–H groups in total. The predicted octanol–water partition coefficient (Wildman–Crippen LogP) is 2.59. The van der Waals surface area contributed by atoms with Crippen LogP contribution in [-0.4, -0.2) is 16.1 Å². The number of hydrogen-bond donors (Lipinski definition) is 1. The lowest BCUT2D eigenvalue weighted by Gasteiger charge is -2.14. The van der Waals surface area contributed by atoms with E-state index in [0.29, 0.717) is 0 Å². The zero-order chi connectivity index (χ0) is 13.8. The van der Waals surface area contributed by atoms with Gasteiger partial charge in [0, 0.05) is 38.4 Å². The van der Waals surface area contributed by atoms with Crippen molar-refractivity contribution in [2.45, 2.75) is 19.4 Å². The van der Waals surface area contributed by atoms with Crippen molar-refractivity contribution in [3.05, 3.63) is 53.6 Å². The van der Waals surface area contributed by atoms with E-state index in [1.54, 1.807) is 12.3 Å². The van der Waals surface area contributed by atoms with Gasteiger partial charge in [0.2, 0.25) is 0 Å². The Morgan fingerprint density at radius 2 is 2.11 bits per heavy atom. The minimum Gasteiger partial charge on any atom is -0.338 e. The first-order valence-electron chi connectivity index (χ1n) is 6.22. The van der Waals surface area contributed by atoms with E-state index in [1.165, 1.54) is 6.07 Å². The Labute approximate surface area is 111 Å². The minimum absolute atomic E-state index is 0.0321. The Morgan fingerprint density at radius 1 is 1.32 bits per heavy atom. The van der Waals surface area contributed by atoms with E-state index in [0.717, 1.165) is 30.4 Å². The molecule has 0 saturated heterocycles. The summed E-state index contributed by atoms with van der Waals surface area (Å²) in [5.41, 5.74) is 0.735. The molecule has 0 aliphatic carbocycles. The molecule has 2 aromatic rings. The number of nitrogens with zero attached hydrogens (tertiary/aromatic N) is 2. The Kier molecular flexibility index (Phi) is 4.27. The van der Waals surface area contributed by atoms with Crippen LogP contribution in [0.1, 0.15) is 24.4 Å². The zero-order valence-electron chi connectivity index (χ0n) is 11.0. The lowest BCUT2D eigenvalue weighted by Crippen LogP contribution is -2.22. The molecular weight excluding hydrogens is 248 g/mol. The fourth-order valence-electron chi connectivity index (χ4n) is 1.94. The van der Waals surface area contributed by atoms with Crippen LogP contribution in [0.2, 0.25) is 0 Å². The van der Waals surface area contributed by atoms with Crippen LogP contribution < -0.4 is 5.32 Å². The molecular formula is C14H17F2N3. The van der Waals surface area contributed by atoms with Gasteiger partial charge in [0.05, 0.1) is 0 Å². The van der Waals surface area contributed by atoms with E-state index in [4.69, 9.17) is 0 Å². The molecule has 1 aromatic heterocycles. The van der Waals surface area contributed by atoms with E-state index in [1.807, 2.05) is 24.7 Å². The number of aromatic nitrogens is 2. The highest BCUT2D eigenvalue weighted by Gasteiger charge is 2.09. The Morgan fingerprint density at radius 3 is 2.74 bits per heavy atom. The molecule has 19 heavy (non-hydrogen) atoms. The highest BCUT2D eigenvalue weighted by molar-refractivity contribution is 5.20. The van der Waals surface area contributed by atoms with E-state index in [2.05, 4.69) is 10.3 Å². The molecule has 1 aromatic carbocycles. The SMILES string of the molecule is CC(NCCc1nccn1C)c1ccc(F)c(F)c1. The van der Waals surface area contributed by atoms with Gasteiger partial charge in [0.1, 0.15) is 5.82 Å². The second-order valence-electron chi connectivity index (χ2n) is 4.55. The largest absolute Gasteiger partial charge is 0.338 e. The van der Waals surface area contributed by atoms with Gasteiger partial charge in [0.15, 0.2) is 11.6 Å². The molecule has 0 spiro atoms. The number of halogens is 2. The van der Waals surface area contributed by atoms with Crippen LogP contribution in [0.3, 0.4) is 0 Å². The number of hydrogen-bond acceptors (Lipinski definition) is 2. The molecule has 5 heteroatoms. The molecule has 3 nitrogen and oxygen atoms in total. The van der Waals surface area contributed by atoms with Crippen molar-refractivity contribution in [2.24, 2.45) is 7.05 Å². The number of nitrogens with one attached hydrogen (secondary N) is 1. The van der Waals surface area contributed by atoms with Crippen molar-refractivity contribution in [1.29, 1.82) is 0 Å². The molecule has 102 valence electrons. The third-order valence-electron chi connectivity index (χ3n) is 3.16. The van der Waals surface area contributed by atoms with Gasteiger partial charge in [-0.15, -0.1) is 0 Å². The first kappa shape index (κ1) is 13.7. The zero-order valence-corrected chi connectivity index (χ0v) is 11.0. The van der Waals surface area contributed by atoms with Gasteiger partial charge in [-0.05, 0) is 24.6 Å². The van der Waals surface area contributed by atoms with Gasteiger partial charge in [-0.25, -0.2) is 13.8 Å². The van der Waals surface area contributed by atoms with Crippen LogP contribution in [0.4, 0.5) is 8.78 Å². The maximum atomic E-state index is 13.1. The summed E-state index contributed by atoms with van der Waals surface area (Å²) in [7, 11) is 1.95. The highest BCUT2D eigenvalue weighted by atomic mass is 19.2. The molecule has 1 heterocycles. The summed E-state index contributed by atoms with van der Waals surface area (Å²) in [5.74, 6) is -0.635. The molecule has 0 radical (unpaired) electrons. The lowest BCUT2D eigenvalue weighted by molar-refractivity contribution is 0.500. The van der Waals surface area contributed by atoms with Crippen LogP contribution in [0.5, 0.6) is 0 Å². The van der Waals surface area contributed by atoms with Gasteiger partial charge in [-0.3, -0.25) is 0 Å². The Bertz CT molecular complexity index is 551. The predicted molar refractivity (Wildman–Crippen MR) is 69.7 cm³/mol. The van der Waals surface area contributed by atoms with Crippen LogP contribution in [0.25, 0.3) is 0 Å². The highest BCUT2D eigenvalue weighted by Crippen LogP contribution is 2.15. The summed E-state index contributed by atoms with van der Waals surface area (Å²) in [4.78, 5) is 4.22. The summed E-state index contributed by atoms with van der Waals surface area (Å²) in [6, 6.07) is 3.95. The summed E-state index contributed by atoms with van der Waals surface area (Å²) in [6.45, 7) is 2.65. The van der Waals surface area contributed by atoms with Crippen LogP contribution >= 0.6 is 0 Å². The number of benzene rings is 1. The summed E-state index contributed by atoms with van der Waals surface area (Å²) in [5, 5.41) is 3.27. The van der Waals surface area contributed by atoms with Crippen molar-refractivity contribution in [1.82, 2.24) is 14.9 Å². The number of aryl methyl sites for hydroxylation is 1. The normalized spacial score (nSPS) is 12.6. The van der Waals surface area contributed by atoms with E-state index in [-0.39, 0.29) is 6.04 Å². The molecule has 0 aliphatic rings. The molecule has 1 atom stereocenters. The van der Waals surface area contributed by atoms with Crippen molar-refractivity contribution in [2.75, 3.05) is 6.54 Å². The molecule has 0 aliphatic heterocycles. The average molecular weight is 265 g/mol. The quantitative estimate of drug-likeness (QED) is 0.900. The fourth-order valence-corrected chi connectivity index (χ4v) is 1.94. The maximum Gasteiger partial charge on any atom is 0.159 e. The fraction of sp³-hybridized carbons (Fsp3) is 0.357.